The van der Waals surface area contributed by atoms with E-state index in [0.717, 1.165) is 10.8 Å². The van der Waals surface area contributed by atoms with Crippen molar-refractivity contribution in [3.63, 3.8) is 0 Å². The standard InChI is InChI=1S/C19H15FN2O/c1-13(14-9-11-16(20)12-10-14)21-22-19(23)18-8-4-6-15-5-2-3-7-17(15)18/h2-12,21H,1H2,(H,22,23). The van der Waals surface area contributed by atoms with Gasteiger partial charge in [-0.3, -0.25) is 15.6 Å². The smallest absolute Gasteiger partial charge is 0.270 e. The quantitative estimate of drug-likeness (QED) is 0.718. The Kier molecular flexibility index (Phi) is 4.06. The van der Waals surface area contributed by atoms with Gasteiger partial charge in [0.25, 0.3) is 5.91 Å². The van der Waals surface area contributed by atoms with Crippen LogP contribution in [-0.4, -0.2) is 5.91 Å². The fourth-order valence-electron chi connectivity index (χ4n) is 2.35. The Morgan fingerprint density at radius 1 is 0.870 bits per heavy atom. The van der Waals surface area contributed by atoms with Crippen molar-refractivity contribution in [3.8, 4) is 0 Å². The van der Waals surface area contributed by atoms with Gasteiger partial charge in [-0.05, 0) is 46.7 Å². The van der Waals surface area contributed by atoms with Crippen molar-refractivity contribution < 1.29 is 9.18 Å². The molecule has 2 N–H and O–H groups in total. The van der Waals surface area contributed by atoms with E-state index in [9.17, 15) is 9.18 Å². The Hall–Kier alpha value is -3.14. The lowest BCUT2D eigenvalue weighted by Crippen LogP contribution is -2.35. The first-order chi connectivity index (χ1) is 11.1. The second-order valence-electron chi connectivity index (χ2n) is 5.09. The van der Waals surface area contributed by atoms with Crippen LogP contribution in [0.25, 0.3) is 16.5 Å². The van der Waals surface area contributed by atoms with E-state index in [4.69, 9.17) is 0 Å². The number of carbonyl (C=O) groups is 1. The molecule has 0 radical (unpaired) electrons. The fraction of sp³-hybridized carbons (Fsp3) is 0. The molecule has 0 fully saturated rings. The van der Waals surface area contributed by atoms with Gasteiger partial charge < -0.3 is 0 Å². The molecule has 0 heterocycles. The summed E-state index contributed by atoms with van der Waals surface area (Å²) in [6.07, 6.45) is 0. The van der Waals surface area contributed by atoms with Crippen molar-refractivity contribution in [2.45, 2.75) is 0 Å². The number of hydrogen-bond donors (Lipinski definition) is 2. The second kappa shape index (κ2) is 6.32. The molecular formula is C19H15FN2O. The summed E-state index contributed by atoms with van der Waals surface area (Å²) in [6.45, 7) is 3.83. The molecule has 0 atom stereocenters. The summed E-state index contributed by atoms with van der Waals surface area (Å²) in [5.41, 5.74) is 7.14. The monoisotopic (exact) mass is 306 g/mol. The number of halogens is 1. The molecule has 0 saturated carbocycles. The van der Waals surface area contributed by atoms with Gasteiger partial charge >= 0.3 is 0 Å². The zero-order valence-electron chi connectivity index (χ0n) is 12.3. The molecular weight excluding hydrogens is 291 g/mol. The molecule has 0 aliphatic heterocycles. The minimum absolute atomic E-state index is 0.259. The van der Waals surface area contributed by atoms with Crippen LogP contribution in [0, 0.1) is 5.82 Å². The highest BCUT2D eigenvalue weighted by Gasteiger charge is 2.09. The van der Waals surface area contributed by atoms with E-state index in [1.165, 1.54) is 12.1 Å². The average Bonchev–Trinajstić information content (AvgIpc) is 2.59. The zero-order valence-corrected chi connectivity index (χ0v) is 12.3. The van der Waals surface area contributed by atoms with Crippen molar-refractivity contribution in [1.82, 2.24) is 10.9 Å². The third kappa shape index (κ3) is 3.21. The molecule has 1 amide bonds. The number of carbonyl (C=O) groups excluding carboxylic acids is 1. The van der Waals surface area contributed by atoms with Gasteiger partial charge in [0, 0.05) is 5.56 Å². The third-order valence-electron chi connectivity index (χ3n) is 3.55. The second-order valence-corrected chi connectivity index (χ2v) is 5.09. The van der Waals surface area contributed by atoms with E-state index >= 15 is 0 Å². The van der Waals surface area contributed by atoms with Crippen molar-refractivity contribution >= 4 is 22.4 Å². The number of nitrogens with one attached hydrogen (secondary N) is 2. The van der Waals surface area contributed by atoms with Crippen LogP contribution in [0.3, 0.4) is 0 Å². The molecule has 23 heavy (non-hydrogen) atoms. The van der Waals surface area contributed by atoms with Crippen molar-refractivity contribution in [1.29, 1.82) is 0 Å². The number of amides is 1. The van der Waals surface area contributed by atoms with Gasteiger partial charge in [-0.1, -0.05) is 43.0 Å². The van der Waals surface area contributed by atoms with E-state index in [1.54, 1.807) is 18.2 Å². The van der Waals surface area contributed by atoms with Gasteiger partial charge in [0.05, 0.1) is 5.70 Å². The highest BCUT2D eigenvalue weighted by atomic mass is 19.1. The van der Waals surface area contributed by atoms with Crippen LogP contribution in [0.15, 0.2) is 73.3 Å². The number of hydrogen-bond acceptors (Lipinski definition) is 2. The lowest BCUT2D eigenvalue weighted by atomic mass is 10.0. The van der Waals surface area contributed by atoms with Crippen LogP contribution >= 0.6 is 0 Å². The molecule has 3 rings (SSSR count). The van der Waals surface area contributed by atoms with E-state index in [2.05, 4.69) is 17.4 Å². The van der Waals surface area contributed by atoms with Crippen molar-refractivity contribution in [2.75, 3.05) is 0 Å². The topological polar surface area (TPSA) is 41.1 Å². The molecule has 3 aromatic rings. The summed E-state index contributed by atoms with van der Waals surface area (Å²) in [5, 5.41) is 1.87. The molecule has 4 heteroatoms. The Morgan fingerprint density at radius 2 is 1.57 bits per heavy atom. The van der Waals surface area contributed by atoms with Crippen molar-refractivity contribution in [3.05, 3.63) is 90.3 Å². The first-order valence-electron chi connectivity index (χ1n) is 7.14. The predicted molar refractivity (Wildman–Crippen MR) is 90.0 cm³/mol. The fourth-order valence-corrected chi connectivity index (χ4v) is 2.35. The molecule has 0 aliphatic rings. The van der Waals surface area contributed by atoms with Crippen LogP contribution in [0.2, 0.25) is 0 Å². The Morgan fingerprint density at radius 3 is 2.35 bits per heavy atom. The summed E-state index contributed by atoms with van der Waals surface area (Å²) in [7, 11) is 0. The van der Waals surface area contributed by atoms with E-state index in [1.807, 2.05) is 36.4 Å². The minimum Gasteiger partial charge on any atom is -0.298 e. The van der Waals surface area contributed by atoms with Gasteiger partial charge in [-0.25, -0.2) is 4.39 Å². The molecule has 0 spiro atoms. The highest BCUT2D eigenvalue weighted by molar-refractivity contribution is 6.07. The van der Waals surface area contributed by atoms with Crippen LogP contribution < -0.4 is 10.9 Å². The molecule has 3 nitrogen and oxygen atoms in total. The van der Waals surface area contributed by atoms with Crippen LogP contribution in [0.5, 0.6) is 0 Å². The number of fused-ring (bicyclic) bond motifs is 1. The Bertz CT molecular complexity index is 867. The zero-order chi connectivity index (χ0) is 16.2. The maximum absolute atomic E-state index is 12.9. The third-order valence-corrected chi connectivity index (χ3v) is 3.55. The molecule has 0 bridgehead atoms. The van der Waals surface area contributed by atoms with E-state index in [-0.39, 0.29) is 11.7 Å². The lowest BCUT2D eigenvalue weighted by Gasteiger charge is -2.12. The van der Waals surface area contributed by atoms with Gasteiger partial charge in [0.2, 0.25) is 0 Å². The molecule has 0 saturated heterocycles. The molecule has 0 aliphatic carbocycles. The normalized spacial score (nSPS) is 10.3. The van der Waals surface area contributed by atoms with Crippen molar-refractivity contribution in [2.24, 2.45) is 0 Å². The van der Waals surface area contributed by atoms with Crippen LogP contribution in [0.1, 0.15) is 15.9 Å². The summed E-state index contributed by atoms with van der Waals surface area (Å²) < 4.78 is 12.9. The molecule has 0 aromatic heterocycles. The summed E-state index contributed by atoms with van der Waals surface area (Å²) in [5.74, 6) is -0.577. The van der Waals surface area contributed by atoms with E-state index in [0.29, 0.717) is 16.8 Å². The van der Waals surface area contributed by atoms with Gasteiger partial charge in [-0.15, -0.1) is 0 Å². The van der Waals surface area contributed by atoms with Gasteiger partial charge in [-0.2, -0.15) is 0 Å². The summed E-state index contributed by atoms with van der Waals surface area (Å²) in [4.78, 5) is 12.4. The van der Waals surface area contributed by atoms with Crippen LogP contribution in [-0.2, 0) is 0 Å². The SMILES string of the molecule is C=C(NNC(=O)c1cccc2ccccc12)c1ccc(F)cc1. The summed E-state index contributed by atoms with van der Waals surface area (Å²) >= 11 is 0. The van der Waals surface area contributed by atoms with Gasteiger partial charge in [0.15, 0.2) is 0 Å². The average molecular weight is 306 g/mol. The molecule has 3 aromatic carbocycles. The maximum atomic E-state index is 12.9. The first-order valence-corrected chi connectivity index (χ1v) is 7.14. The van der Waals surface area contributed by atoms with Crippen LogP contribution in [0.4, 0.5) is 4.39 Å². The summed E-state index contributed by atoms with van der Waals surface area (Å²) in [6, 6.07) is 19.1. The molecule has 114 valence electrons. The van der Waals surface area contributed by atoms with E-state index < -0.39 is 0 Å². The molecule has 0 unspecified atom stereocenters. The minimum atomic E-state index is -0.318. The number of rotatable bonds is 4. The maximum Gasteiger partial charge on any atom is 0.270 e. The first kappa shape index (κ1) is 14.8. The number of hydrazine groups is 1. The van der Waals surface area contributed by atoms with Gasteiger partial charge in [0.1, 0.15) is 5.82 Å². The largest absolute Gasteiger partial charge is 0.298 e. The Labute approximate surface area is 133 Å². The number of benzene rings is 3. The predicted octanol–water partition coefficient (Wildman–Crippen LogP) is 3.88. The lowest BCUT2D eigenvalue weighted by molar-refractivity contribution is 0.0944. The Balaban J connectivity index is 1.74. The highest BCUT2D eigenvalue weighted by Crippen LogP contribution is 2.18.